The van der Waals surface area contributed by atoms with Crippen LogP contribution in [-0.4, -0.2) is 37.5 Å². The van der Waals surface area contributed by atoms with Crippen molar-refractivity contribution in [2.45, 2.75) is 12.8 Å². The lowest BCUT2D eigenvalue weighted by atomic mass is 10.1. The molecule has 0 spiro atoms. The van der Waals surface area contributed by atoms with Crippen molar-refractivity contribution >= 4 is 29.1 Å². The summed E-state index contributed by atoms with van der Waals surface area (Å²) in [6.45, 7) is 2.67. The molecule has 3 nitrogen and oxygen atoms in total. The normalized spacial score (nSPS) is 18.9. The van der Waals surface area contributed by atoms with Crippen LogP contribution in [0.1, 0.15) is 12.0 Å². The average Bonchev–Trinajstić information content (AvgIpc) is 2.83. The number of amides is 1. The van der Waals surface area contributed by atoms with Crippen LogP contribution in [0.2, 0.25) is 10.0 Å². The van der Waals surface area contributed by atoms with E-state index in [4.69, 9.17) is 23.2 Å². The van der Waals surface area contributed by atoms with Gasteiger partial charge in [-0.25, -0.2) is 0 Å². The SMILES string of the molecule is CNCC1CCN(C(=O)Cc2ccc(Cl)c(Cl)c2)C1. The lowest BCUT2D eigenvalue weighted by Gasteiger charge is -2.16. The van der Waals surface area contributed by atoms with Gasteiger partial charge in [0.05, 0.1) is 16.5 Å². The van der Waals surface area contributed by atoms with Crippen LogP contribution in [-0.2, 0) is 11.2 Å². The molecule has 0 aliphatic carbocycles. The minimum absolute atomic E-state index is 0.164. The smallest absolute Gasteiger partial charge is 0.227 e. The second-order valence-electron chi connectivity index (χ2n) is 4.98. The third-order valence-corrected chi connectivity index (χ3v) is 4.21. The molecule has 1 aromatic rings. The molecular weight excluding hydrogens is 283 g/mol. The van der Waals surface area contributed by atoms with Gasteiger partial charge in [-0.1, -0.05) is 29.3 Å². The van der Waals surface area contributed by atoms with Gasteiger partial charge in [0.15, 0.2) is 0 Å². The van der Waals surface area contributed by atoms with Crippen LogP contribution in [0.5, 0.6) is 0 Å². The number of carbonyl (C=O) groups is 1. The maximum absolute atomic E-state index is 12.2. The number of carbonyl (C=O) groups excluding carboxylic acids is 1. The van der Waals surface area contributed by atoms with E-state index < -0.39 is 0 Å². The average molecular weight is 301 g/mol. The molecule has 1 atom stereocenters. The number of hydrogen-bond donors (Lipinski definition) is 1. The Morgan fingerprint density at radius 3 is 2.89 bits per heavy atom. The van der Waals surface area contributed by atoms with Crippen molar-refractivity contribution < 1.29 is 4.79 Å². The molecule has 1 amide bonds. The summed E-state index contributed by atoms with van der Waals surface area (Å²) in [5.74, 6) is 0.736. The van der Waals surface area contributed by atoms with Gasteiger partial charge in [-0.3, -0.25) is 4.79 Å². The van der Waals surface area contributed by atoms with Crippen LogP contribution in [0.4, 0.5) is 0 Å². The summed E-state index contributed by atoms with van der Waals surface area (Å²) in [5.41, 5.74) is 0.913. The highest BCUT2D eigenvalue weighted by atomic mass is 35.5. The summed E-state index contributed by atoms with van der Waals surface area (Å²) >= 11 is 11.8. The molecule has 19 heavy (non-hydrogen) atoms. The minimum atomic E-state index is 0.164. The van der Waals surface area contributed by atoms with Crippen molar-refractivity contribution in [1.82, 2.24) is 10.2 Å². The highest BCUT2D eigenvalue weighted by Gasteiger charge is 2.25. The maximum Gasteiger partial charge on any atom is 0.227 e. The molecule has 104 valence electrons. The fraction of sp³-hybridized carbons (Fsp3) is 0.500. The van der Waals surface area contributed by atoms with Crippen molar-refractivity contribution in [3.8, 4) is 0 Å². The molecule has 1 fully saturated rings. The molecule has 1 unspecified atom stereocenters. The molecule has 5 heteroatoms. The van der Waals surface area contributed by atoms with Crippen molar-refractivity contribution in [2.24, 2.45) is 5.92 Å². The van der Waals surface area contributed by atoms with E-state index in [1.54, 1.807) is 12.1 Å². The fourth-order valence-corrected chi connectivity index (χ4v) is 2.77. The van der Waals surface area contributed by atoms with E-state index in [-0.39, 0.29) is 5.91 Å². The molecule has 0 radical (unpaired) electrons. The van der Waals surface area contributed by atoms with Crippen LogP contribution in [0.3, 0.4) is 0 Å². The lowest BCUT2D eigenvalue weighted by molar-refractivity contribution is -0.129. The number of rotatable bonds is 4. The topological polar surface area (TPSA) is 32.3 Å². The molecule has 1 aliphatic rings. The minimum Gasteiger partial charge on any atom is -0.342 e. The lowest BCUT2D eigenvalue weighted by Crippen LogP contribution is -2.31. The molecular formula is C14H18Cl2N2O. The van der Waals surface area contributed by atoms with E-state index in [2.05, 4.69) is 5.32 Å². The van der Waals surface area contributed by atoms with Crippen molar-refractivity contribution in [2.75, 3.05) is 26.7 Å². The molecule has 1 saturated heterocycles. The Kier molecular flexibility index (Phi) is 5.08. The first kappa shape index (κ1) is 14.6. The summed E-state index contributed by atoms with van der Waals surface area (Å²) in [6.07, 6.45) is 1.47. The van der Waals surface area contributed by atoms with Gasteiger partial charge in [0.25, 0.3) is 0 Å². The van der Waals surface area contributed by atoms with Crippen LogP contribution >= 0.6 is 23.2 Å². The number of likely N-dealkylation sites (tertiary alicyclic amines) is 1. The van der Waals surface area contributed by atoms with Crippen LogP contribution in [0, 0.1) is 5.92 Å². The van der Waals surface area contributed by atoms with Gasteiger partial charge in [-0.2, -0.15) is 0 Å². The largest absolute Gasteiger partial charge is 0.342 e. The Balaban J connectivity index is 1.92. The van der Waals surface area contributed by atoms with Crippen LogP contribution < -0.4 is 5.32 Å². The van der Waals surface area contributed by atoms with E-state index in [1.165, 1.54) is 0 Å². The van der Waals surface area contributed by atoms with E-state index in [1.807, 2.05) is 18.0 Å². The summed E-state index contributed by atoms with van der Waals surface area (Å²) in [4.78, 5) is 14.1. The molecule has 0 bridgehead atoms. The molecule has 1 N–H and O–H groups in total. The standard InChI is InChI=1S/C14H18Cl2N2O/c1-17-8-11-4-5-18(9-11)14(19)7-10-2-3-12(15)13(16)6-10/h2-3,6,11,17H,4-5,7-9H2,1H3. The van der Waals surface area contributed by atoms with Crippen molar-refractivity contribution in [3.05, 3.63) is 33.8 Å². The first-order chi connectivity index (χ1) is 9.10. The molecule has 1 aromatic carbocycles. The first-order valence-corrected chi connectivity index (χ1v) is 7.22. The first-order valence-electron chi connectivity index (χ1n) is 6.46. The fourth-order valence-electron chi connectivity index (χ4n) is 2.45. The van der Waals surface area contributed by atoms with Crippen molar-refractivity contribution in [1.29, 1.82) is 0 Å². The van der Waals surface area contributed by atoms with Gasteiger partial charge in [0, 0.05) is 13.1 Å². The Morgan fingerprint density at radius 1 is 1.42 bits per heavy atom. The second kappa shape index (κ2) is 6.60. The number of halogens is 2. The highest BCUT2D eigenvalue weighted by molar-refractivity contribution is 6.42. The Hall–Kier alpha value is -0.770. The molecule has 2 rings (SSSR count). The quantitative estimate of drug-likeness (QED) is 0.927. The second-order valence-corrected chi connectivity index (χ2v) is 5.79. The van der Waals surface area contributed by atoms with Gasteiger partial charge in [0.1, 0.15) is 0 Å². The highest BCUT2D eigenvalue weighted by Crippen LogP contribution is 2.23. The van der Waals surface area contributed by atoms with Gasteiger partial charge < -0.3 is 10.2 Å². The Bertz CT molecular complexity index is 465. The number of hydrogen-bond acceptors (Lipinski definition) is 2. The molecule has 1 aliphatic heterocycles. The zero-order valence-corrected chi connectivity index (χ0v) is 12.5. The van der Waals surface area contributed by atoms with Gasteiger partial charge in [-0.15, -0.1) is 0 Å². The zero-order valence-electron chi connectivity index (χ0n) is 11.0. The van der Waals surface area contributed by atoms with Gasteiger partial charge in [0.2, 0.25) is 5.91 Å². The summed E-state index contributed by atoms with van der Waals surface area (Å²) in [6, 6.07) is 5.36. The maximum atomic E-state index is 12.2. The van der Waals surface area contributed by atoms with Gasteiger partial charge >= 0.3 is 0 Å². The molecule has 1 heterocycles. The van der Waals surface area contributed by atoms with E-state index in [0.717, 1.165) is 31.6 Å². The number of nitrogens with zero attached hydrogens (tertiary/aromatic N) is 1. The molecule has 0 saturated carbocycles. The summed E-state index contributed by atoms with van der Waals surface area (Å²) in [7, 11) is 1.94. The van der Waals surface area contributed by atoms with E-state index in [0.29, 0.717) is 22.4 Å². The monoisotopic (exact) mass is 300 g/mol. The Labute approximate surface area is 123 Å². The van der Waals surface area contributed by atoms with E-state index >= 15 is 0 Å². The predicted molar refractivity (Wildman–Crippen MR) is 78.8 cm³/mol. The van der Waals surface area contributed by atoms with Crippen LogP contribution in [0.15, 0.2) is 18.2 Å². The molecule has 0 aromatic heterocycles. The summed E-state index contributed by atoms with van der Waals surface area (Å²) in [5, 5.41) is 4.19. The zero-order chi connectivity index (χ0) is 13.8. The number of nitrogens with one attached hydrogen (secondary N) is 1. The number of benzene rings is 1. The Morgan fingerprint density at radius 2 is 2.21 bits per heavy atom. The van der Waals surface area contributed by atoms with E-state index in [9.17, 15) is 4.79 Å². The predicted octanol–water partition coefficient (Wildman–Crippen LogP) is 2.60. The third kappa shape index (κ3) is 3.85. The van der Waals surface area contributed by atoms with Gasteiger partial charge in [-0.05, 0) is 43.6 Å². The summed E-state index contributed by atoms with van der Waals surface area (Å²) < 4.78 is 0. The third-order valence-electron chi connectivity index (χ3n) is 3.47. The van der Waals surface area contributed by atoms with Crippen molar-refractivity contribution in [3.63, 3.8) is 0 Å². The van der Waals surface area contributed by atoms with Crippen LogP contribution in [0.25, 0.3) is 0 Å².